The lowest BCUT2D eigenvalue weighted by Crippen LogP contribution is -2.44. The number of piperidine rings is 1. The molecule has 1 atom stereocenters. The Hall–Kier alpha value is -1.79. The number of aryl methyl sites for hydroxylation is 2. The number of amides is 1. The number of rotatable bonds is 2. The van der Waals surface area contributed by atoms with Crippen LogP contribution in [0.4, 0.5) is 18.0 Å². The molecule has 1 saturated heterocycles. The van der Waals surface area contributed by atoms with Gasteiger partial charge in [0.25, 0.3) is 0 Å². The monoisotopic (exact) mass is 316 g/mol. The Labute approximate surface area is 127 Å². The highest BCUT2D eigenvalue weighted by Crippen LogP contribution is 2.33. The summed E-state index contributed by atoms with van der Waals surface area (Å²) in [6, 6.07) is 3.57. The van der Waals surface area contributed by atoms with Crippen molar-refractivity contribution in [3.8, 4) is 0 Å². The maximum atomic E-state index is 12.7. The summed E-state index contributed by atoms with van der Waals surface area (Å²) in [5.41, 5.74) is 2.39. The number of aromatic nitrogens is 1. The average molecular weight is 316 g/mol. The van der Waals surface area contributed by atoms with E-state index in [1.165, 1.54) is 0 Å². The number of hydrogen-bond donors (Lipinski definition) is 0. The van der Waals surface area contributed by atoms with Crippen LogP contribution in [0.1, 0.15) is 29.8 Å². The van der Waals surface area contributed by atoms with Gasteiger partial charge in [-0.2, -0.15) is 13.2 Å². The molecule has 1 unspecified atom stereocenters. The first-order valence-corrected chi connectivity index (χ1v) is 7.18. The number of ether oxygens (including phenoxy) is 1. The van der Waals surface area contributed by atoms with E-state index in [1.54, 1.807) is 12.1 Å². The van der Waals surface area contributed by atoms with Gasteiger partial charge in [0.05, 0.1) is 5.92 Å². The summed E-state index contributed by atoms with van der Waals surface area (Å²) < 4.78 is 43.3. The van der Waals surface area contributed by atoms with E-state index in [4.69, 9.17) is 4.74 Å². The normalized spacial score (nSPS) is 19.1. The number of likely N-dealkylation sites (tertiary alicyclic amines) is 1. The van der Waals surface area contributed by atoms with Crippen LogP contribution in [0.25, 0.3) is 0 Å². The van der Waals surface area contributed by atoms with Gasteiger partial charge < -0.3 is 9.64 Å². The minimum absolute atomic E-state index is 0.0379. The van der Waals surface area contributed by atoms with E-state index in [9.17, 15) is 18.0 Å². The zero-order valence-electron chi connectivity index (χ0n) is 12.6. The molecule has 2 heterocycles. The largest absolute Gasteiger partial charge is 0.445 e. The second-order valence-corrected chi connectivity index (χ2v) is 5.64. The van der Waals surface area contributed by atoms with E-state index in [2.05, 4.69) is 4.98 Å². The van der Waals surface area contributed by atoms with Crippen LogP contribution in [-0.4, -0.2) is 35.2 Å². The van der Waals surface area contributed by atoms with Crippen molar-refractivity contribution < 1.29 is 22.7 Å². The van der Waals surface area contributed by atoms with Gasteiger partial charge in [0.2, 0.25) is 0 Å². The van der Waals surface area contributed by atoms with E-state index in [0.717, 1.165) is 21.9 Å². The molecule has 1 aliphatic heterocycles. The molecule has 1 aromatic rings. The van der Waals surface area contributed by atoms with Crippen LogP contribution in [0.15, 0.2) is 12.1 Å². The number of alkyl halides is 3. The van der Waals surface area contributed by atoms with Gasteiger partial charge in [0.1, 0.15) is 6.61 Å². The van der Waals surface area contributed by atoms with Gasteiger partial charge in [0.15, 0.2) is 0 Å². The molecule has 1 aliphatic rings. The number of halogens is 3. The summed E-state index contributed by atoms with van der Waals surface area (Å²) in [4.78, 5) is 17.3. The van der Waals surface area contributed by atoms with Crippen molar-refractivity contribution in [3.63, 3.8) is 0 Å². The van der Waals surface area contributed by atoms with Crippen LogP contribution < -0.4 is 0 Å². The van der Waals surface area contributed by atoms with Crippen molar-refractivity contribution in [2.24, 2.45) is 5.92 Å². The Morgan fingerprint density at radius 1 is 1.36 bits per heavy atom. The molecule has 4 nitrogen and oxygen atoms in total. The summed E-state index contributed by atoms with van der Waals surface area (Å²) >= 11 is 0. The summed E-state index contributed by atoms with van der Waals surface area (Å²) in [6.07, 6.45) is -4.55. The van der Waals surface area contributed by atoms with Gasteiger partial charge >= 0.3 is 12.3 Å². The van der Waals surface area contributed by atoms with E-state index in [-0.39, 0.29) is 19.6 Å². The molecule has 0 aromatic carbocycles. The Morgan fingerprint density at radius 3 is 2.59 bits per heavy atom. The minimum atomic E-state index is -4.27. The molecule has 22 heavy (non-hydrogen) atoms. The van der Waals surface area contributed by atoms with Crippen LogP contribution >= 0.6 is 0 Å². The highest BCUT2D eigenvalue weighted by molar-refractivity contribution is 5.67. The van der Waals surface area contributed by atoms with Crippen molar-refractivity contribution in [3.05, 3.63) is 29.1 Å². The van der Waals surface area contributed by atoms with E-state index in [1.807, 2.05) is 13.8 Å². The lowest BCUT2D eigenvalue weighted by molar-refractivity contribution is -0.184. The molecule has 1 amide bonds. The van der Waals surface area contributed by atoms with E-state index >= 15 is 0 Å². The SMILES string of the molecule is Cc1cc(COC(=O)N2CCCC(C(F)(F)F)C2)cc(C)n1. The summed E-state index contributed by atoms with van der Waals surface area (Å²) in [5.74, 6) is -1.46. The first-order chi connectivity index (χ1) is 10.3. The molecule has 0 spiro atoms. The number of nitrogens with zero attached hydrogens (tertiary/aromatic N) is 2. The maximum absolute atomic E-state index is 12.7. The van der Waals surface area contributed by atoms with Gasteiger partial charge in [-0.15, -0.1) is 0 Å². The zero-order valence-corrected chi connectivity index (χ0v) is 12.6. The maximum Gasteiger partial charge on any atom is 0.410 e. The Kier molecular flexibility index (Phi) is 4.93. The molecule has 0 radical (unpaired) electrons. The standard InChI is InChI=1S/C15H19F3N2O2/c1-10-6-12(7-11(2)19-10)9-22-14(21)20-5-3-4-13(8-20)15(16,17)18/h6-7,13H,3-5,8-9H2,1-2H3. The van der Waals surface area contributed by atoms with Crippen molar-refractivity contribution in [1.82, 2.24) is 9.88 Å². The molecule has 122 valence electrons. The van der Waals surface area contributed by atoms with Crippen LogP contribution in [-0.2, 0) is 11.3 Å². The molecule has 0 aliphatic carbocycles. The number of hydrogen-bond acceptors (Lipinski definition) is 3. The van der Waals surface area contributed by atoms with Crippen molar-refractivity contribution >= 4 is 6.09 Å². The van der Waals surface area contributed by atoms with Crippen LogP contribution in [0.3, 0.4) is 0 Å². The van der Waals surface area contributed by atoms with Crippen molar-refractivity contribution in [1.29, 1.82) is 0 Å². The predicted molar refractivity (Wildman–Crippen MR) is 74.2 cm³/mol. The predicted octanol–water partition coefficient (Wildman–Crippen LogP) is 3.61. The number of pyridine rings is 1. The Morgan fingerprint density at radius 2 is 2.00 bits per heavy atom. The second kappa shape index (κ2) is 6.54. The lowest BCUT2D eigenvalue weighted by Gasteiger charge is -2.32. The smallest absolute Gasteiger partial charge is 0.410 e. The highest BCUT2D eigenvalue weighted by Gasteiger charge is 2.42. The molecule has 1 aromatic heterocycles. The van der Waals surface area contributed by atoms with Crippen molar-refractivity contribution in [2.75, 3.05) is 13.1 Å². The molecular formula is C15H19F3N2O2. The summed E-state index contributed by atoms with van der Waals surface area (Å²) in [6.45, 7) is 3.68. The third kappa shape index (κ3) is 4.35. The molecule has 2 rings (SSSR count). The van der Waals surface area contributed by atoms with Crippen LogP contribution in [0.2, 0.25) is 0 Å². The molecule has 1 fully saturated rings. The van der Waals surface area contributed by atoms with Gasteiger partial charge in [-0.3, -0.25) is 4.98 Å². The van der Waals surface area contributed by atoms with Crippen LogP contribution in [0, 0.1) is 19.8 Å². The Balaban J connectivity index is 1.91. The molecule has 7 heteroatoms. The lowest BCUT2D eigenvalue weighted by atomic mass is 9.98. The van der Waals surface area contributed by atoms with Crippen molar-refractivity contribution in [2.45, 2.75) is 39.5 Å². The summed E-state index contributed by atoms with van der Waals surface area (Å²) in [5, 5.41) is 0. The summed E-state index contributed by atoms with van der Waals surface area (Å²) in [7, 11) is 0. The van der Waals surface area contributed by atoms with Crippen LogP contribution in [0.5, 0.6) is 0 Å². The van der Waals surface area contributed by atoms with Gasteiger partial charge in [-0.1, -0.05) is 0 Å². The zero-order chi connectivity index (χ0) is 16.3. The number of carbonyl (C=O) groups is 1. The molecule has 0 bridgehead atoms. The number of carbonyl (C=O) groups excluding carboxylic acids is 1. The van der Waals surface area contributed by atoms with Gasteiger partial charge in [0, 0.05) is 24.5 Å². The first kappa shape index (κ1) is 16.6. The molecular weight excluding hydrogens is 297 g/mol. The quantitative estimate of drug-likeness (QED) is 0.837. The minimum Gasteiger partial charge on any atom is -0.445 e. The molecule has 0 N–H and O–H groups in total. The topological polar surface area (TPSA) is 42.4 Å². The van der Waals surface area contributed by atoms with E-state index in [0.29, 0.717) is 13.0 Å². The van der Waals surface area contributed by atoms with E-state index < -0.39 is 18.2 Å². The fourth-order valence-electron chi connectivity index (χ4n) is 2.65. The fourth-order valence-corrected chi connectivity index (χ4v) is 2.65. The first-order valence-electron chi connectivity index (χ1n) is 7.18. The molecule has 0 saturated carbocycles. The average Bonchev–Trinajstić information content (AvgIpc) is 2.43. The van der Waals surface area contributed by atoms with Gasteiger partial charge in [-0.25, -0.2) is 4.79 Å². The fraction of sp³-hybridized carbons (Fsp3) is 0.600. The highest BCUT2D eigenvalue weighted by atomic mass is 19.4. The third-order valence-electron chi connectivity index (χ3n) is 3.65. The Bertz CT molecular complexity index is 526. The third-order valence-corrected chi connectivity index (χ3v) is 3.65. The second-order valence-electron chi connectivity index (χ2n) is 5.64. The van der Waals surface area contributed by atoms with Gasteiger partial charge in [-0.05, 0) is 44.4 Å².